The molecule has 2 aliphatic rings. The Bertz CT molecular complexity index is 493. The first-order valence-corrected chi connectivity index (χ1v) is 7.63. The van der Waals surface area contributed by atoms with E-state index in [0.29, 0.717) is 12.5 Å². The second-order valence-electron chi connectivity index (χ2n) is 6.02. The Kier molecular flexibility index (Phi) is 3.36. The number of aliphatic hydroxyl groups is 1. The van der Waals surface area contributed by atoms with Crippen molar-refractivity contribution in [3.8, 4) is 5.75 Å². The van der Waals surface area contributed by atoms with Gasteiger partial charge in [-0.25, -0.2) is 0 Å². The zero-order valence-corrected chi connectivity index (χ0v) is 13.0. The monoisotopic (exact) mass is 325 g/mol. The van der Waals surface area contributed by atoms with Crippen molar-refractivity contribution >= 4 is 15.9 Å². The third-order valence-electron chi connectivity index (χ3n) is 4.32. The van der Waals surface area contributed by atoms with E-state index in [-0.39, 0.29) is 0 Å². The van der Waals surface area contributed by atoms with Gasteiger partial charge in [0.2, 0.25) is 0 Å². The van der Waals surface area contributed by atoms with E-state index in [1.807, 2.05) is 0 Å². The van der Waals surface area contributed by atoms with Gasteiger partial charge in [0.15, 0.2) is 0 Å². The van der Waals surface area contributed by atoms with Crippen LogP contribution in [0.15, 0.2) is 16.6 Å². The molecule has 0 bridgehead atoms. The number of benzene rings is 1. The topological polar surface area (TPSA) is 32.7 Å². The highest BCUT2D eigenvalue weighted by molar-refractivity contribution is 9.10. The largest absolute Gasteiger partial charge is 0.493 e. The summed E-state index contributed by atoms with van der Waals surface area (Å²) in [5.41, 5.74) is 1.76. The van der Waals surface area contributed by atoms with Crippen molar-refractivity contribution in [2.75, 3.05) is 20.2 Å². The summed E-state index contributed by atoms with van der Waals surface area (Å²) in [7, 11) is 2.07. The molecule has 1 saturated heterocycles. The zero-order chi connectivity index (χ0) is 13.6. The molecule has 1 aromatic carbocycles. The lowest BCUT2D eigenvalue weighted by Gasteiger charge is -2.23. The van der Waals surface area contributed by atoms with Crippen molar-refractivity contribution in [3.05, 3.63) is 27.7 Å². The van der Waals surface area contributed by atoms with Gasteiger partial charge in [0, 0.05) is 29.9 Å². The molecule has 0 radical (unpaired) electrons. The van der Waals surface area contributed by atoms with Crippen molar-refractivity contribution in [1.82, 2.24) is 4.90 Å². The van der Waals surface area contributed by atoms with Crippen LogP contribution in [0.4, 0.5) is 0 Å². The van der Waals surface area contributed by atoms with Gasteiger partial charge < -0.3 is 14.7 Å². The number of fused-ring (bicyclic) bond motifs is 1. The molecule has 1 N–H and O–H groups in total. The second kappa shape index (κ2) is 4.76. The van der Waals surface area contributed by atoms with Gasteiger partial charge in [0.25, 0.3) is 0 Å². The fraction of sp³-hybridized carbons (Fsp3) is 0.600. The predicted octanol–water partition coefficient (Wildman–Crippen LogP) is 2.38. The molecule has 0 aromatic heterocycles. The number of rotatable bonds is 2. The predicted molar refractivity (Wildman–Crippen MR) is 78.7 cm³/mol. The van der Waals surface area contributed by atoms with E-state index < -0.39 is 5.60 Å². The molecule has 4 heteroatoms. The lowest BCUT2D eigenvalue weighted by Crippen LogP contribution is -2.34. The van der Waals surface area contributed by atoms with Gasteiger partial charge in [0.05, 0.1) is 12.2 Å². The molecule has 2 heterocycles. The molecule has 104 valence electrons. The van der Waals surface area contributed by atoms with Crippen LogP contribution in [0.5, 0.6) is 5.75 Å². The highest BCUT2D eigenvalue weighted by Gasteiger charge is 2.39. The first-order chi connectivity index (χ1) is 8.97. The van der Waals surface area contributed by atoms with Crippen molar-refractivity contribution < 1.29 is 9.84 Å². The van der Waals surface area contributed by atoms with E-state index >= 15 is 0 Å². The molecule has 3 nitrogen and oxygen atoms in total. The minimum Gasteiger partial charge on any atom is -0.493 e. The van der Waals surface area contributed by atoms with Crippen molar-refractivity contribution in [1.29, 1.82) is 0 Å². The Morgan fingerprint density at radius 3 is 3.00 bits per heavy atom. The number of ether oxygens (including phenoxy) is 1. The van der Waals surface area contributed by atoms with E-state index in [9.17, 15) is 5.11 Å². The van der Waals surface area contributed by atoms with Crippen LogP contribution in [0.2, 0.25) is 0 Å². The van der Waals surface area contributed by atoms with Crippen molar-refractivity contribution in [2.45, 2.75) is 37.8 Å². The maximum Gasteiger partial charge on any atom is 0.125 e. The molecular formula is C15H20BrNO2. The Morgan fingerprint density at radius 2 is 2.32 bits per heavy atom. The molecule has 0 spiro atoms. The lowest BCUT2D eigenvalue weighted by atomic mass is 9.91. The standard InChI is InChI=1S/C15H20BrNO2/c1-10-7-15(18,9-17(10)2)8-12-6-13(16)5-11-3-4-19-14(11)12/h5-6,10,18H,3-4,7-9H2,1-2H3. The summed E-state index contributed by atoms with van der Waals surface area (Å²) in [6.07, 6.45) is 2.46. The summed E-state index contributed by atoms with van der Waals surface area (Å²) >= 11 is 3.56. The third-order valence-corrected chi connectivity index (χ3v) is 4.77. The molecule has 0 saturated carbocycles. The minimum absolute atomic E-state index is 0.436. The number of β-amino-alcohol motifs (C(OH)–C–C–N with tert-alkyl or cyclic N) is 1. The van der Waals surface area contributed by atoms with Crippen LogP contribution in [0.25, 0.3) is 0 Å². The van der Waals surface area contributed by atoms with Crippen LogP contribution < -0.4 is 4.74 Å². The molecule has 2 unspecified atom stereocenters. The first kappa shape index (κ1) is 13.4. The van der Waals surface area contributed by atoms with Crippen molar-refractivity contribution in [3.63, 3.8) is 0 Å². The summed E-state index contributed by atoms with van der Waals surface area (Å²) in [5.74, 6) is 0.999. The van der Waals surface area contributed by atoms with Gasteiger partial charge in [-0.1, -0.05) is 15.9 Å². The lowest BCUT2D eigenvalue weighted by molar-refractivity contribution is 0.0514. The van der Waals surface area contributed by atoms with Crippen LogP contribution in [0, 0.1) is 0 Å². The fourth-order valence-corrected chi connectivity index (χ4v) is 3.90. The van der Waals surface area contributed by atoms with E-state index in [1.54, 1.807) is 0 Å². The molecule has 0 aliphatic carbocycles. The summed E-state index contributed by atoms with van der Waals surface area (Å²) < 4.78 is 6.83. The van der Waals surface area contributed by atoms with Gasteiger partial charge in [-0.2, -0.15) is 0 Å². The fourth-order valence-electron chi connectivity index (χ4n) is 3.35. The molecule has 2 atom stereocenters. The third kappa shape index (κ3) is 2.54. The van der Waals surface area contributed by atoms with E-state index in [2.05, 4.69) is 46.9 Å². The highest BCUT2D eigenvalue weighted by Crippen LogP contribution is 2.37. The smallest absolute Gasteiger partial charge is 0.125 e. The summed E-state index contributed by atoms with van der Waals surface area (Å²) in [6, 6.07) is 4.65. The Hall–Kier alpha value is -0.580. The van der Waals surface area contributed by atoms with Gasteiger partial charge in [-0.05, 0) is 43.7 Å². The van der Waals surface area contributed by atoms with Crippen molar-refractivity contribution in [2.24, 2.45) is 0 Å². The quantitative estimate of drug-likeness (QED) is 0.906. The molecule has 3 rings (SSSR count). The van der Waals surface area contributed by atoms with Crippen LogP contribution in [-0.4, -0.2) is 41.8 Å². The second-order valence-corrected chi connectivity index (χ2v) is 6.94. The number of hydrogen-bond acceptors (Lipinski definition) is 3. The van der Waals surface area contributed by atoms with Crippen LogP contribution in [0.1, 0.15) is 24.5 Å². The summed E-state index contributed by atoms with van der Waals surface area (Å²) in [6.45, 7) is 3.66. The Balaban J connectivity index is 1.88. The van der Waals surface area contributed by atoms with Gasteiger partial charge >= 0.3 is 0 Å². The van der Waals surface area contributed by atoms with Gasteiger partial charge in [-0.3, -0.25) is 0 Å². The molecule has 1 fully saturated rings. The van der Waals surface area contributed by atoms with Crippen LogP contribution >= 0.6 is 15.9 Å². The summed E-state index contributed by atoms with van der Waals surface area (Å²) in [5, 5.41) is 10.8. The molecular weight excluding hydrogens is 306 g/mol. The highest BCUT2D eigenvalue weighted by atomic mass is 79.9. The summed E-state index contributed by atoms with van der Waals surface area (Å²) in [4.78, 5) is 2.22. The van der Waals surface area contributed by atoms with E-state index in [4.69, 9.17) is 4.74 Å². The minimum atomic E-state index is -0.630. The molecule has 1 aromatic rings. The molecule has 2 aliphatic heterocycles. The zero-order valence-electron chi connectivity index (χ0n) is 11.4. The number of hydrogen-bond donors (Lipinski definition) is 1. The number of likely N-dealkylation sites (N-methyl/N-ethyl adjacent to an activating group) is 1. The first-order valence-electron chi connectivity index (χ1n) is 6.84. The van der Waals surface area contributed by atoms with Gasteiger partial charge in [0.1, 0.15) is 5.75 Å². The van der Waals surface area contributed by atoms with E-state index in [1.165, 1.54) is 5.56 Å². The maximum atomic E-state index is 10.8. The average Bonchev–Trinajstić information content (AvgIpc) is 2.84. The number of likely N-dealkylation sites (tertiary alicyclic amines) is 1. The van der Waals surface area contributed by atoms with Gasteiger partial charge in [-0.15, -0.1) is 0 Å². The molecule has 19 heavy (non-hydrogen) atoms. The van der Waals surface area contributed by atoms with Crippen LogP contribution in [-0.2, 0) is 12.8 Å². The SMILES string of the molecule is CC1CC(O)(Cc2cc(Br)cc3c2OCC3)CN1C. The number of halogens is 1. The molecule has 0 amide bonds. The Morgan fingerprint density at radius 1 is 1.53 bits per heavy atom. The normalized spacial score (nSPS) is 30.4. The maximum absolute atomic E-state index is 10.8. The van der Waals surface area contributed by atoms with Crippen LogP contribution in [0.3, 0.4) is 0 Å². The van der Waals surface area contributed by atoms with E-state index in [0.717, 1.165) is 41.8 Å². The average molecular weight is 326 g/mol. The number of nitrogens with zero attached hydrogens (tertiary/aromatic N) is 1. The Labute approximate surface area is 122 Å².